The Bertz CT molecular complexity index is 647. The van der Waals surface area contributed by atoms with Crippen molar-refractivity contribution in [2.75, 3.05) is 13.7 Å². The van der Waals surface area contributed by atoms with Crippen LogP contribution in [0.25, 0.3) is 0 Å². The molecule has 0 spiro atoms. The first-order valence-electron chi connectivity index (χ1n) is 7.78. The number of ether oxygens (including phenoxy) is 1. The Kier molecular flexibility index (Phi) is 9.14. The topological polar surface area (TPSA) is 58.5 Å². The fourth-order valence-corrected chi connectivity index (χ4v) is 2.22. The lowest BCUT2D eigenvalue weighted by atomic mass is 10.1. The number of aryl methyl sites for hydroxylation is 1. The van der Waals surface area contributed by atoms with Crippen LogP contribution in [0.1, 0.15) is 23.7 Å². The van der Waals surface area contributed by atoms with Gasteiger partial charge in [-0.05, 0) is 49.2 Å². The molecule has 0 saturated carbocycles. The van der Waals surface area contributed by atoms with Crippen LogP contribution in [0.2, 0.25) is 0 Å². The quantitative estimate of drug-likeness (QED) is 0.411. The van der Waals surface area contributed by atoms with Crippen molar-refractivity contribution in [2.24, 2.45) is 4.99 Å². The maximum Gasteiger partial charge on any atom is 0.191 e. The van der Waals surface area contributed by atoms with Crippen LogP contribution >= 0.6 is 24.0 Å². The molecule has 6 heteroatoms. The van der Waals surface area contributed by atoms with Gasteiger partial charge in [-0.15, -0.1) is 24.0 Å². The van der Waals surface area contributed by atoms with Crippen molar-refractivity contribution < 1.29 is 4.74 Å². The SMILES string of the molecule is CCNC(=NCc1cc(C)cc(OC)c1)NCc1ccccn1.I. The molecular weight excluding hydrogens is 415 g/mol. The summed E-state index contributed by atoms with van der Waals surface area (Å²) in [5, 5.41) is 6.54. The Hall–Kier alpha value is -1.83. The molecule has 0 aliphatic carbocycles. The van der Waals surface area contributed by atoms with Gasteiger partial charge in [0, 0.05) is 12.7 Å². The van der Waals surface area contributed by atoms with E-state index in [0.717, 1.165) is 29.5 Å². The number of benzene rings is 1. The number of aliphatic imine (C=N–C) groups is 1. The summed E-state index contributed by atoms with van der Waals surface area (Å²) in [5.41, 5.74) is 3.27. The van der Waals surface area contributed by atoms with Gasteiger partial charge in [-0.1, -0.05) is 12.1 Å². The van der Waals surface area contributed by atoms with Crippen LogP contribution in [-0.2, 0) is 13.1 Å². The second kappa shape index (κ2) is 10.9. The smallest absolute Gasteiger partial charge is 0.191 e. The fraction of sp³-hybridized carbons (Fsp3) is 0.333. The molecule has 0 bridgehead atoms. The molecule has 0 aliphatic heterocycles. The molecule has 0 fully saturated rings. The van der Waals surface area contributed by atoms with Crippen LogP contribution in [0.4, 0.5) is 0 Å². The molecule has 1 heterocycles. The summed E-state index contributed by atoms with van der Waals surface area (Å²) < 4.78 is 5.31. The average molecular weight is 440 g/mol. The number of rotatable bonds is 6. The van der Waals surface area contributed by atoms with Crippen molar-refractivity contribution in [1.82, 2.24) is 15.6 Å². The molecule has 0 atom stereocenters. The molecule has 24 heavy (non-hydrogen) atoms. The second-order valence-electron chi connectivity index (χ2n) is 5.23. The zero-order chi connectivity index (χ0) is 16.5. The number of guanidine groups is 1. The van der Waals surface area contributed by atoms with Crippen molar-refractivity contribution in [3.63, 3.8) is 0 Å². The third-order valence-electron chi connectivity index (χ3n) is 3.27. The Morgan fingerprint density at radius 2 is 2.04 bits per heavy atom. The first kappa shape index (κ1) is 20.2. The summed E-state index contributed by atoms with van der Waals surface area (Å²) in [4.78, 5) is 8.93. The predicted octanol–water partition coefficient (Wildman–Crippen LogP) is 3.27. The minimum absolute atomic E-state index is 0. The van der Waals surface area contributed by atoms with Gasteiger partial charge < -0.3 is 15.4 Å². The number of hydrogen-bond acceptors (Lipinski definition) is 3. The van der Waals surface area contributed by atoms with Gasteiger partial charge in [-0.2, -0.15) is 0 Å². The normalized spacial score (nSPS) is 10.7. The van der Waals surface area contributed by atoms with Crippen LogP contribution in [0.5, 0.6) is 5.75 Å². The molecule has 0 radical (unpaired) electrons. The van der Waals surface area contributed by atoms with E-state index in [0.29, 0.717) is 13.1 Å². The summed E-state index contributed by atoms with van der Waals surface area (Å²) in [5.74, 6) is 1.64. The Morgan fingerprint density at radius 1 is 1.21 bits per heavy atom. The molecule has 0 unspecified atom stereocenters. The molecule has 0 saturated heterocycles. The third kappa shape index (κ3) is 6.74. The zero-order valence-electron chi connectivity index (χ0n) is 14.4. The standard InChI is InChI=1S/C18H24N4O.HI/c1-4-19-18(22-13-16-7-5-6-8-20-16)21-12-15-9-14(2)10-17(11-15)23-3;/h5-11H,4,12-13H2,1-3H3,(H2,19,21,22);1H. The zero-order valence-corrected chi connectivity index (χ0v) is 16.7. The van der Waals surface area contributed by atoms with E-state index in [-0.39, 0.29) is 24.0 Å². The monoisotopic (exact) mass is 440 g/mol. The average Bonchev–Trinajstić information content (AvgIpc) is 2.57. The van der Waals surface area contributed by atoms with Crippen LogP contribution < -0.4 is 15.4 Å². The molecule has 2 rings (SSSR count). The van der Waals surface area contributed by atoms with E-state index in [1.807, 2.05) is 37.3 Å². The lowest BCUT2D eigenvalue weighted by Crippen LogP contribution is -2.37. The van der Waals surface area contributed by atoms with Crippen LogP contribution in [0.15, 0.2) is 47.6 Å². The van der Waals surface area contributed by atoms with E-state index in [9.17, 15) is 0 Å². The third-order valence-corrected chi connectivity index (χ3v) is 3.27. The number of methoxy groups -OCH3 is 1. The minimum atomic E-state index is 0. The van der Waals surface area contributed by atoms with E-state index in [2.05, 4.69) is 33.6 Å². The lowest BCUT2D eigenvalue weighted by Gasteiger charge is -2.11. The molecule has 0 aliphatic rings. The van der Waals surface area contributed by atoms with Gasteiger partial charge >= 0.3 is 0 Å². The molecule has 2 N–H and O–H groups in total. The van der Waals surface area contributed by atoms with Crippen molar-refractivity contribution in [1.29, 1.82) is 0 Å². The van der Waals surface area contributed by atoms with E-state index in [1.165, 1.54) is 5.56 Å². The minimum Gasteiger partial charge on any atom is -0.497 e. The highest BCUT2D eigenvalue weighted by molar-refractivity contribution is 14.0. The van der Waals surface area contributed by atoms with Crippen molar-refractivity contribution >= 4 is 29.9 Å². The van der Waals surface area contributed by atoms with Gasteiger partial charge in [0.2, 0.25) is 0 Å². The maximum atomic E-state index is 5.31. The number of nitrogens with zero attached hydrogens (tertiary/aromatic N) is 2. The number of aromatic nitrogens is 1. The van der Waals surface area contributed by atoms with Gasteiger partial charge in [0.15, 0.2) is 5.96 Å². The Morgan fingerprint density at radius 3 is 2.71 bits per heavy atom. The summed E-state index contributed by atoms with van der Waals surface area (Å²) in [6, 6.07) is 12.0. The van der Waals surface area contributed by atoms with Crippen LogP contribution in [0, 0.1) is 6.92 Å². The van der Waals surface area contributed by atoms with E-state index in [1.54, 1.807) is 13.3 Å². The largest absolute Gasteiger partial charge is 0.497 e. The van der Waals surface area contributed by atoms with Crippen LogP contribution in [-0.4, -0.2) is 24.6 Å². The van der Waals surface area contributed by atoms with Gasteiger partial charge in [0.05, 0.1) is 25.9 Å². The van der Waals surface area contributed by atoms with Gasteiger partial charge in [0.1, 0.15) is 5.75 Å². The number of hydrogen-bond donors (Lipinski definition) is 2. The fourth-order valence-electron chi connectivity index (χ4n) is 2.22. The highest BCUT2D eigenvalue weighted by Gasteiger charge is 2.01. The van der Waals surface area contributed by atoms with Crippen molar-refractivity contribution in [3.05, 3.63) is 59.4 Å². The molecule has 1 aromatic heterocycles. The van der Waals surface area contributed by atoms with Gasteiger partial charge in [0.25, 0.3) is 0 Å². The first-order chi connectivity index (χ1) is 11.2. The first-order valence-corrected chi connectivity index (χ1v) is 7.78. The molecule has 2 aromatic rings. The van der Waals surface area contributed by atoms with Gasteiger partial charge in [-0.3, -0.25) is 4.98 Å². The van der Waals surface area contributed by atoms with E-state index < -0.39 is 0 Å². The predicted molar refractivity (Wildman–Crippen MR) is 109 cm³/mol. The number of nitrogens with one attached hydrogen (secondary N) is 2. The van der Waals surface area contributed by atoms with Crippen molar-refractivity contribution in [3.8, 4) is 5.75 Å². The maximum absolute atomic E-state index is 5.31. The van der Waals surface area contributed by atoms with Crippen LogP contribution in [0.3, 0.4) is 0 Å². The lowest BCUT2D eigenvalue weighted by molar-refractivity contribution is 0.414. The number of halogens is 1. The highest BCUT2D eigenvalue weighted by atomic mass is 127. The molecule has 1 aromatic carbocycles. The van der Waals surface area contributed by atoms with Crippen molar-refractivity contribution in [2.45, 2.75) is 26.9 Å². The summed E-state index contributed by atoms with van der Waals surface area (Å²) in [7, 11) is 1.68. The highest BCUT2D eigenvalue weighted by Crippen LogP contribution is 2.16. The Labute approximate surface area is 161 Å². The van der Waals surface area contributed by atoms with Gasteiger partial charge in [-0.25, -0.2) is 4.99 Å². The molecule has 130 valence electrons. The Balaban J connectivity index is 0.00000288. The molecular formula is C18H25IN4O. The summed E-state index contributed by atoms with van der Waals surface area (Å²) in [6.07, 6.45) is 1.79. The second-order valence-corrected chi connectivity index (χ2v) is 5.23. The molecule has 0 amide bonds. The van der Waals surface area contributed by atoms with E-state index >= 15 is 0 Å². The number of pyridine rings is 1. The summed E-state index contributed by atoms with van der Waals surface area (Å²) >= 11 is 0. The van der Waals surface area contributed by atoms with E-state index in [4.69, 9.17) is 4.74 Å². The molecule has 5 nitrogen and oxygen atoms in total. The summed E-state index contributed by atoms with van der Waals surface area (Å²) in [6.45, 7) is 6.15.